The summed E-state index contributed by atoms with van der Waals surface area (Å²) in [5, 5.41) is 2.59. The minimum atomic E-state index is -1.78. The summed E-state index contributed by atoms with van der Waals surface area (Å²) in [6, 6.07) is 1.13. The van der Waals surface area contributed by atoms with E-state index in [4.69, 9.17) is 9.47 Å². The summed E-state index contributed by atoms with van der Waals surface area (Å²) in [4.78, 5) is 37.5. The first-order chi connectivity index (χ1) is 13.6. The lowest BCUT2D eigenvalue weighted by molar-refractivity contribution is -0.168. The highest BCUT2D eigenvalue weighted by molar-refractivity contribution is 6.78. The first kappa shape index (κ1) is 27.6. The molecule has 0 spiro atoms. The molecule has 170 valence electrons. The highest BCUT2D eigenvalue weighted by Crippen LogP contribution is 2.36. The van der Waals surface area contributed by atoms with Crippen LogP contribution in [0.1, 0.15) is 79.6 Å². The Balaban J connectivity index is 5.38. The summed E-state index contributed by atoms with van der Waals surface area (Å²) < 4.78 is 10.4. The second kappa shape index (κ2) is 13.8. The smallest absolute Gasteiger partial charge is 0.343 e. The molecule has 0 aliphatic heterocycles. The van der Waals surface area contributed by atoms with Gasteiger partial charge in [-0.1, -0.05) is 71.5 Å². The van der Waals surface area contributed by atoms with Crippen molar-refractivity contribution in [2.45, 2.75) is 110 Å². The van der Waals surface area contributed by atoms with E-state index in [0.29, 0.717) is 0 Å². The van der Waals surface area contributed by atoms with Crippen molar-refractivity contribution in [2.75, 3.05) is 13.2 Å². The molecule has 7 heteroatoms. The third kappa shape index (κ3) is 9.32. The van der Waals surface area contributed by atoms with Crippen LogP contribution in [0.4, 0.5) is 0 Å². The van der Waals surface area contributed by atoms with Gasteiger partial charge in [-0.15, -0.1) is 0 Å². The van der Waals surface area contributed by atoms with E-state index in [2.05, 4.69) is 32.3 Å². The van der Waals surface area contributed by atoms with Crippen LogP contribution in [-0.2, 0) is 23.9 Å². The molecule has 0 fully saturated rings. The van der Waals surface area contributed by atoms with Crippen molar-refractivity contribution in [1.82, 2.24) is 5.32 Å². The summed E-state index contributed by atoms with van der Waals surface area (Å²) >= 11 is 0. The monoisotopic (exact) mass is 429 g/mol. The summed E-state index contributed by atoms with van der Waals surface area (Å²) in [5.74, 6) is -1.91. The van der Waals surface area contributed by atoms with Gasteiger partial charge in [-0.3, -0.25) is 4.79 Å². The van der Waals surface area contributed by atoms with E-state index in [1.165, 1.54) is 45.4 Å². The largest absolute Gasteiger partial charge is 0.464 e. The number of ether oxygens (including phenoxy) is 2. The molecule has 0 bridgehead atoms. The second-order valence-corrected chi connectivity index (χ2v) is 14.1. The molecule has 0 aromatic carbocycles. The summed E-state index contributed by atoms with van der Waals surface area (Å²) in [7, 11) is -1.74. The lowest BCUT2D eigenvalue weighted by atomic mass is 9.93. The normalized spacial score (nSPS) is 12.9. The second-order valence-electron chi connectivity index (χ2n) is 8.64. The highest BCUT2D eigenvalue weighted by Gasteiger charge is 2.52. The lowest BCUT2D eigenvalue weighted by Gasteiger charge is -2.37. The maximum Gasteiger partial charge on any atom is 0.343 e. The fourth-order valence-electron chi connectivity index (χ4n) is 3.56. The molecule has 0 rings (SSSR count). The molecule has 0 radical (unpaired) electrons. The zero-order chi connectivity index (χ0) is 22.5. The minimum absolute atomic E-state index is 0.124. The maximum absolute atomic E-state index is 12.8. The quantitative estimate of drug-likeness (QED) is 0.174. The molecule has 0 saturated heterocycles. The van der Waals surface area contributed by atoms with Gasteiger partial charge >= 0.3 is 11.9 Å². The Hall–Kier alpha value is -1.37. The van der Waals surface area contributed by atoms with Crippen LogP contribution in [-0.4, -0.2) is 44.7 Å². The van der Waals surface area contributed by atoms with E-state index >= 15 is 0 Å². The van der Waals surface area contributed by atoms with Crippen molar-refractivity contribution in [3.8, 4) is 0 Å². The molecule has 1 unspecified atom stereocenters. The Bertz CT molecular complexity index is 503. The molecule has 0 saturated carbocycles. The summed E-state index contributed by atoms with van der Waals surface area (Å²) in [6.07, 6.45) is 7.66. The van der Waals surface area contributed by atoms with Gasteiger partial charge in [0.15, 0.2) is 0 Å². The number of carbonyl (C=O) groups excluding carboxylic acids is 3. The molecule has 0 aromatic rings. The molecule has 1 atom stereocenters. The fourth-order valence-corrected chi connectivity index (χ4v) is 6.07. The van der Waals surface area contributed by atoms with Crippen LogP contribution in [0.3, 0.4) is 0 Å². The number of nitrogens with one attached hydrogen (secondary N) is 1. The minimum Gasteiger partial charge on any atom is -0.464 e. The predicted octanol–water partition coefficient (Wildman–Crippen LogP) is 4.84. The highest BCUT2D eigenvalue weighted by atomic mass is 28.3. The molecule has 0 aliphatic carbocycles. The topological polar surface area (TPSA) is 81.7 Å². The Morgan fingerprint density at radius 2 is 1.38 bits per heavy atom. The Kier molecular flexibility index (Phi) is 13.1. The molecule has 1 N–H and O–H groups in total. The number of amides is 1. The maximum atomic E-state index is 12.8. The average Bonchev–Trinajstić information content (AvgIpc) is 2.63. The van der Waals surface area contributed by atoms with Gasteiger partial charge in [0, 0.05) is 6.92 Å². The standard InChI is InChI=1S/C22H43NO5Si/c1-8-11-12-13-14-15-16-29(6,7)18(4)17-22(23-19(5)24,20(25)27-9-2)21(26)28-10-3/h18H,8-17H2,1-7H3,(H,23,24). The number of esters is 2. The third-order valence-corrected chi connectivity index (χ3v) is 10.3. The van der Waals surface area contributed by atoms with Gasteiger partial charge in [-0.2, -0.15) is 0 Å². The fraction of sp³-hybridized carbons (Fsp3) is 0.864. The van der Waals surface area contributed by atoms with Crippen molar-refractivity contribution in [2.24, 2.45) is 0 Å². The average molecular weight is 430 g/mol. The van der Waals surface area contributed by atoms with Crippen LogP contribution in [0.5, 0.6) is 0 Å². The van der Waals surface area contributed by atoms with Gasteiger partial charge in [0.25, 0.3) is 0 Å². The van der Waals surface area contributed by atoms with Gasteiger partial charge in [0.05, 0.1) is 21.3 Å². The molecule has 0 heterocycles. The molecular weight excluding hydrogens is 386 g/mol. The number of hydrogen-bond donors (Lipinski definition) is 1. The van der Waals surface area contributed by atoms with E-state index in [9.17, 15) is 14.4 Å². The lowest BCUT2D eigenvalue weighted by Crippen LogP contribution is -2.62. The van der Waals surface area contributed by atoms with Gasteiger partial charge in [0.1, 0.15) is 0 Å². The third-order valence-electron chi connectivity index (χ3n) is 5.76. The van der Waals surface area contributed by atoms with Crippen molar-refractivity contribution >= 4 is 25.9 Å². The summed E-state index contributed by atoms with van der Waals surface area (Å²) in [5.41, 5.74) is -1.65. The Labute approximate surface area is 178 Å². The van der Waals surface area contributed by atoms with E-state index in [1.54, 1.807) is 13.8 Å². The van der Waals surface area contributed by atoms with E-state index in [1.807, 2.05) is 0 Å². The molecule has 29 heavy (non-hydrogen) atoms. The first-order valence-corrected chi connectivity index (χ1v) is 14.5. The van der Waals surface area contributed by atoms with Crippen LogP contribution in [0.25, 0.3) is 0 Å². The van der Waals surface area contributed by atoms with Crippen molar-refractivity contribution in [3.63, 3.8) is 0 Å². The molecular formula is C22H43NO5Si. The van der Waals surface area contributed by atoms with Crippen LogP contribution >= 0.6 is 0 Å². The van der Waals surface area contributed by atoms with Gasteiger partial charge in [-0.05, 0) is 25.8 Å². The van der Waals surface area contributed by atoms with Crippen LogP contribution in [0.15, 0.2) is 0 Å². The predicted molar refractivity (Wildman–Crippen MR) is 120 cm³/mol. The Morgan fingerprint density at radius 3 is 1.83 bits per heavy atom. The van der Waals surface area contributed by atoms with Crippen LogP contribution < -0.4 is 5.32 Å². The van der Waals surface area contributed by atoms with Gasteiger partial charge in [-0.25, -0.2) is 9.59 Å². The van der Waals surface area contributed by atoms with Gasteiger partial charge < -0.3 is 14.8 Å². The number of hydrogen-bond acceptors (Lipinski definition) is 5. The molecule has 1 amide bonds. The zero-order valence-electron chi connectivity index (χ0n) is 19.7. The van der Waals surface area contributed by atoms with Gasteiger partial charge in [0.2, 0.25) is 11.4 Å². The van der Waals surface area contributed by atoms with Crippen molar-refractivity contribution < 1.29 is 23.9 Å². The summed E-state index contributed by atoms with van der Waals surface area (Å²) in [6.45, 7) is 13.8. The first-order valence-electron chi connectivity index (χ1n) is 11.2. The number of unbranched alkanes of at least 4 members (excludes halogenated alkanes) is 5. The van der Waals surface area contributed by atoms with Crippen LogP contribution in [0.2, 0.25) is 24.7 Å². The van der Waals surface area contributed by atoms with E-state index in [0.717, 1.165) is 6.04 Å². The molecule has 0 aromatic heterocycles. The zero-order valence-corrected chi connectivity index (χ0v) is 20.7. The van der Waals surface area contributed by atoms with Crippen molar-refractivity contribution in [1.29, 1.82) is 0 Å². The number of carbonyl (C=O) groups is 3. The SMILES string of the molecule is CCCCCCCC[Si](C)(C)C(C)CC(NC(C)=O)(C(=O)OCC)C(=O)OCC. The molecule has 6 nitrogen and oxygen atoms in total. The van der Waals surface area contributed by atoms with Crippen molar-refractivity contribution in [3.05, 3.63) is 0 Å². The Morgan fingerprint density at radius 1 is 0.897 bits per heavy atom. The van der Waals surface area contributed by atoms with E-state index < -0.39 is 31.5 Å². The van der Waals surface area contributed by atoms with Crippen LogP contribution in [0, 0.1) is 0 Å². The molecule has 0 aliphatic rings. The van der Waals surface area contributed by atoms with E-state index in [-0.39, 0.29) is 25.2 Å². The number of rotatable bonds is 15.